The number of aromatic carboxylic acids is 1. The van der Waals surface area contributed by atoms with Gasteiger partial charge in [0.05, 0.1) is 5.56 Å². The first kappa shape index (κ1) is 13.7. The molecule has 2 aromatic rings. The molecule has 1 heterocycles. The summed E-state index contributed by atoms with van der Waals surface area (Å²) in [6.07, 6.45) is 1.76. The van der Waals surface area contributed by atoms with Crippen molar-refractivity contribution in [3.05, 3.63) is 64.2 Å². The number of carboxylic acid groups (broad SMARTS) is 1. The van der Waals surface area contributed by atoms with Crippen LogP contribution in [-0.2, 0) is 6.42 Å². The van der Waals surface area contributed by atoms with E-state index in [0.29, 0.717) is 5.56 Å². The van der Waals surface area contributed by atoms with Gasteiger partial charge in [-0.3, -0.25) is 0 Å². The molecule has 1 aliphatic rings. The SMILES string of the molecule is Cc1cc(C)c2c(c1)CCC(c1cccc(C(=O)O)c1)O2. The van der Waals surface area contributed by atoms with Gasteiger partial charge < -0.3 is 9.84 Å². The van der Waals surface area contributed by atoms with Crippen LogP contribution in [0.3, 0.4) is 0 Å². The average molecular weight is 282 g/mol. The highest BCUT2D eigenvalue weighted by molar-refractivity contribution is 5.87. The van der Waals surface area contributed by atoms with Crippen LogP contribution in [0.25, 0.3) is 0 Å². The molecule has 1 unspecified atom stereocenters. The van der Waals surface area contributed by atoms with Gasteiger partial charge in [0.15, 0.2) is 0 Å². The Hall–Kier alpha value is -2.29. The highest BCUT2D eigenvalue weighted by Crippen LogP contribution is 2.37. The van der Waals surface area contributed by atoms with Crippen molar-refractivity contribution >= 4 is 5.97 Å². The van der Waals surface area contributed by atoms with E-state index in [1.54, 1.807) is 18.2 Å². The first-order chi connectivity index (χ1) is 10.0. The third-order valence-corrected chi connectivity index (χ3v) is 3.94. The third-order valence-electron chi connectivity index (χ3n) is 3.94. The Balaban J connectivity index is 1.93. The number of hydrogen-bond donors (Lipinski definition) is 1. The highest BCUT2D eigenvalue weighted by Gasteiger charge is 2.23. The van der Waals surface area contributed by atoms with Gasteiger partial charge in [-0.1, -0.05) is 29.8 Å². The molecule has 0 radical (unpaired) electrons. The number of carboxylic acids is 1. The Bertz CT molecular complexity index is 704. The smallest absolute Gasteiger partial charge is 0.335 e. The standard InChI is InChI=1S/C18H18O3/c1-11-8-12(2)17-14(9-11)6-7-16(21-17)13-4-3-5-15(10-13)18(19)20/h3-5,8-10,16H,6-7H2,1-2H3,(H,19,20). The van der Waals surface area contributed by atoms with E-state index in [4.69, 9.17) is 9.84 Å². The second kappa shape index (κ2) is 5.24. The van der Waals surface area contributed by atoms with Crippen LogP contribution < -0.4 is 4.74 Å². The Kier molecular flexibility index (Phi) is 3.42. The summed E-state index contributed by atoms with van der Waals surface area (Å²) in [5.74, 6) is 0.0532. The van der Waals surface area contributed by atoms with Gasteiger partial charge in [-0.2, -0.15) is 0 Å². The van der Waals surface area contributed by atoms with Crippen molar-refractivity contribution in [3.8, 4) is 5.75 Å². The van der Waals surface area contributed by atoms with Crippen molar-refractivity contribution in [1.29, 1.82) is 0 Å². The Morgan fingerprint density at radius 3 is 2.81 bits per heavy atom. The minimum absolute atomic E-state index is 0.0711. The topological polar surface area (TPSA) is 46.5 Å². The molecule has 0 fully saturated rings. The molecule has 1 aliphatic heterocycles. The predicted molar refractivity (Wildman–Crippen MR) is 81.0 cm³/mol. The Morgan fingerprint density at radius 2 is 2.05 bits per heavy atom. The van der Waals surface area contributed by atoms with Crippen LogP contribution in [-0.4, -0.2) is 11.1 Å². The Morgan fingerprint density at radius 1 is 1.24 bits per heavy atom. The van der Waals surface area contributed by atoms with E-state index in [1.807, 2.05) is 6.07 Å². The van der Waals surface area contributed by atoms with E-state index in [1.165, 1.54) is 11.1 Å². The first-order valence-corrected chi connectivity index (χ1v) is 7.14. The average Bonchev–Trinajstić information content (AvgIpc) is 2.47. The van der Waals surface area contributed by atoms with Gasteiger partial charge in [0.25, 0.3) is 0 Å². The molecular weight excluding hydrogens is 264 g/mol. The number of benzene rings is 2. The molecule has 0 bridgehead atoms. The molecule has 1 N–H and O–H groups in total. The van der Waals surface area contributed by atoms with Gasteiger partial charge >= 0.3 is 5.97 Å². The number of carbonyl (C=O) groups is 1. The van der Waals surface area contributed by atoms with Crippen molar-refractivity contribution in [2.24, 2.45) is 0 Å². The van der Waals surface area contributed by atoms with Crippen LogP contribution in [0.5, 0.6) is 5.75 Å². The monoisotopic (exact) mass is 282 g/mol. The molecule has 108 valence electrons. The minimum atomic E-state index is -0.903. The summed E-state index contributed by atoms with van der Waals surface area (Å²) in [4.78, 5) is 11.1. The maximum absolute atomic E-state index is 11.1. The molecular formula is C18H18O3. The summed E-state index contributed by atoms with van der Waals surface area (Å²) in [6, 6.07) is 11.3. The van der Waals surface area contributed by atoms with Gasteiger partial charge in [0, 0.05) is 0 Å². The summed E-state index contributed by atoms with van der Waals surface area (Å²) in [5.41, 5.74) is 4.88. The van der Waals surface area contributed by atoms with E-state index in [9.17, 15) is 4.79 Å². The van der Waals surface area contributed by atoms with Gasteiger partial charge in [0.1, 0.15) is 11.9 Å². The number of aryl methyl sites for hydroxylation is 3. The van der Waals surface area contributed by atoms with Gasteiger partial charge in [0.2, 0.25) is 0 Å². The summed E-state index contributed by atoms with van der Waals surface area (Å²) in [5, 5.41) is 9.10. The lowest BCUT2D eigenvalue weighted by molar-refractivity contribution is 0.0696. The van der Waals surface area contributed by atoms with Crippen molar-refractivity contribution in [2.45, 2.75) is 32.8 Å². The lowest BCUT2D eigenvalue weighted by Gasteiger charge is -2.28. The van der Waals surface area contributed by atoms with Gasteiger partial charge in [-0.25, -0.2) is 4.79 Å². The molecule has 3 nitrogen and oxygen atoms in total. The van der Waals surface area contributed by atoms with E-state index in [-0.39, 0.29) is 6.10 Å². The van der Waals surface area contributed by atoms with Crippen LogP contribution in [0.2, 0.25) is 0 Å². The first-order valence-electron chi connectivity index (χ1n) is 7.14. The lowest BCUT2D eigenvalue weighted by atomic mass is 9.94. The number of hydrogen-bond acceptors (Lipinski definition) is 2. The lowest BCUT2D eigenvalue weighted by Crippen LogP contribution is -2.16. The van der Waals surface area contributed by atoms with E-state index in [0.717, 1.165) is 29.7 Å². The van der Waals surface area contributed by atoms with Crippen molar-refractivity contribution in [3.63, 3.8) is 0 Å². The van der Waals surface area contributed by atoms with E-state index < -0.39 is 5.97 Å². The minimum Gasteiger partial charge on any atom is -0.485 e. The normalized spacial score (nSPS) is 17.0. The molecule has 0 amide bonds. The molecule has 0 aliphatic carbocycles. The number of fused-ring (bicyclic) bond motifs is 1. The zero-order valence-electron chi connectivity index (χ0n) is 12.2. The maximum Gasteiger partial charge on any atom is 0.335 e. The zero-order chi connectivity index (χ0) is 15.0. The van der Waals surface area contributed by atoms with Crippen molar-refractivity contribution < 1.29 is 14.6 Å². The largest absolute Gasteiger partial charge is 0.485 e. The fourth-order valence-electron chi connectivity index (χ4n) is 2.99. The molecule has 0 saturated heterocycles. The summed E-state index contributed by atoms with van der Waals surface area (Å²) in [7, 11) is 0. The van der Waals surface area contributed by atoms with Crippen LogP contribution in [0, 0.1) is 13.8 Å². The summed E-state index contributed by atoms with van der Waals surface area (Å²) >= 11 is 0. The molecule has 21 heavy (non-hydrogen) atoms. The van der Waals surface area contributed by atoms with E-state index in [2.05, 4.69) is 26.0 Å². The van der Waals surface area contributed by atoms with Crippen LogP contribution in [0.4, 0.5) is 0 Å². The van der Waals surface area contributed by atoms with E-state index >= 15 is 0 Å². The third kappa shape index (κ3) is 2.64. The molecule has 3 rings (SSSR count). The summed E-state index contributed by atoms with van der Waals surface area (Å²) < 4.78 is 6.15. The Labute approximate surface area is 124 Å². The highest BCUT2D eigenvalue weighted by atomic mass is 16.5. The fourth-order valence-corrected chi connectivity index (χ4v) is 2.99. The molecule has 0 aromatic heterocycles. The molecule has 3 heteroatoms. The van der Waals surface area contributed by atoms with Gasteiger partial charge in [-0.15, -0.1) is 0 Å². The number of ether oxygens (including phenoxy) is 1. The summed E-state index contributed by atoms with van der Waals surface area (Å²) in [6.45, 7) is 4.15. The van der Waals surface area contributed by atoms with Crippen LogP contribution in [0.15, 0.2) is 36.4 Å². The quantitative estimate of drug-likeness (QED) is 0.903. The molecule has 0 saturated carbocycles. The second-order valence-electron chi connectivity index (χ2n) is 5.65. The van der Waals surface area contributed by atoms with Crippen molar-refractivity contribution in [2.75, 3.05) is 0 Å². The molecule has 2 aromatic carbocycles. The van der Waals surface area contributed by atoms with Crippen molar-refractivity contribution in [1.82, 2.24) is 0 Å². The fraction of sp³-hybridized carbons (Fsp3) is 0.278. The number of rotatable bonds is 2. The van der Waals surface area contributed by atoms with Gasteiger partial charge in [-0.05, 0) is 55.5 Å². The molecule has 0 spiro atoms. The van der Waals surface area contributed by atoms with Crippen LogP contribution in [0.1, 0.15) is 45.1 Å². The van der Waals surface area contributed by atoms with Crippen LogP contribution >= 0.6 is 0 Å². The predicted octanol–water partition coefficient (Wildman–Crippen LogP) is 4.07. The molecule has 1 atom stereocenters. The second-order valence-corrected chi connectivity index (χ2v) is 5.65. The maximum atomic E-state index is 11.1. The zero-order valence-corrected chi connectivity index (χ0v) is 12.2.